The van der Waals surface area contributed by atoms with Crippen LogP contribution in [0.5, 0.6) is 0 Å². The SMILES string of the molecule is CC(C)=CC(=O)NC1C(C)(C)C(N)C1(C)C. The van der Waals surface area contributed by atoms with E-state index in [-0.39, 0.29) is 28.8 Å². The first-order valence-electron chi connectivity index (χ1n) is 5.81. The molecule has 0 atom stereocenters. The van der Waals surface area contributed by atoms with Crippen LogP contribution in [0.25, 0.3) is 0 Å². The quantitative estimate of drug-likeness (QED) is 0.703. The molecular formula is C13H24N2O. The molecule has 1 aliphatic carbocycles. The first kappa shape index (κ1) is 13.2. The maximum Gasteiger partial charge on any atom is 0.244 e. The third-order valence-electron chi connectivity index (χ3n) is 3.80. The second-order valence-corrected chi connectivity index (χ2v) is 6.28. The summed E-state index contributed by atoms with van der Waals surface area (Å²) in [4.78, 5) is 11.7. The summed E-state index contributed by atoms with van der Waals surface area (Å²) < 4.78 is 0. The molecule has 0 heterocycles. The molecule has 0 saturated heterocycles. The lowest BCUT2D eigenvalue weighted by atomic mass is 9.48. The van der Waals surface area contributed by atoms with Gasteiger partial charge in [0.25, 0.3) is 0 Å². The number of rotatable bonds is 2. The molecule has 92 valence electrons. The smallest absolute Gasteiger partial charge is 0.244 e. The van der Waals surface area contributed by atoms with Crippen LogP contribution in [0.1, 0.15) is 41.5 Å². The normalized spacial score (nSPS) is 30.2. The summed E-state index contributed by atoms with van der Waals surface area (Å²) >= 11 is 0. The monoisotopic (exact) mass is 224 g/mol. The lowest BCUT2D eigenvalue weighted by Crippen LogP contribution is -2.76. The van der Waals surface area contributed by atoms with Crippen LogP contribution >= 0.6 is 0 Å². The summed E-state index contributed by atoms with van der Waals surface area (Å²) in [7, 11) is 0. The standard InChI is InChI=1S/C13H24N2O/c1-8(2)7-9(16)15-11-12(3,4)10(14)13(11,5)6/h7,10-11H,14H2,1-6H3,(H,15,16). The minimum atomic E-state index is -0.0331. The summed E-state index contributed by atoms with van der Waals surface area (Å²) in [5.41, 5.74) is 7.08. The number of carbonyl (C=O) groups excluding carboxylic acids is 1. The van der Waals surface area contributed by atoms with Crippen molar-refractivity contribution in [2.75, 3.05) is 0 Å². The largest absolute Gasteiger partial charge is 0.349 e. The van der Waals surface area contributed by atoms with Crippen LogP contribution in [-0.2, 0) is 4.79 Å². The Morgan fingerprint density at radius 2 is 1.62 bits per heavy atom. The van der Waals surface area contributed by atoms with E-state index in [0.29, 0.717) is 0 Å². The highest BCUT2D eigenvalue weighted by atomic mass is 16.1. The van der Waals surface area contributed by atoms with Gasteiger partial charge in [0.2, 0.25) is 5.91 Å². The van der Waals surface area contributed by atoms with Crippen molar-refractivity contribution in [3.05, 3.63) is 11.6 Å². The fraction of sp³-hybridized carbons (Fsp3) is 0.769. The highest BCUT2D eigenvalue weighted by Crippen LogP contribution is 2.52. The van der Waals surface area contributed by atoms with Gasteiger partial charge >= 0.3 is 0 Å². The number of hydrogen-bond donors (Lipinski definition) is 2. The number of amides is 1. The van der Waals surface area contributed by atoms with Gasteiger partial charge in [-0.1, -0.05) is 33.3 Å². The van der Waals surface area contributed by atoms with E-state index in [1.54, 1.807) is 6.08 Å². The highest BCUT2D eigenvalue weighted by Gasteiger charge is 2.60. The molecule has 0 aromatic heterocycles. The summed E-state index contributed by atoms with van der Waals surface area (Å²) in [5, 5.41) is 3.06. The molecular weight excluding hydrogens is 200 g/mol. The van der Waals surface area contributed by atoms with Gasteiger partial charge < -0.3 is 11.1 Å². The molecule has 16 heavy (non-hydrogen) atoms. The second-order valence-electron chi connectivity index (χ2n) is 6.28. The van der Waals surface area contributed by atoms with Crippen LogP contribution in [-0.4, -0.2) is 18.0 Å². The highest BCUT2D eigenvalue weighted by molar-refractivity contribution is 5.88. The predicted octanol–water partition coefficient (Wildman–Crippen LogP) is 1.83. The van der Waals surface area contributed by atoms with Gasteiger partial charge in [0.15, 0.2) is 0 Å². The molecule has 1 amide bonds. The number of nitrogens with two attached hydrogens (primary N) is 1. The Hall–Kier alpha value is -0.830. The number of nitrogens with one attached hydrogen (secondary N) is 1. The van der Waals surface area contributed by atoms with E-state index in [0.717, 1.165) is 5.57 Å². The molecule has 3 heteroatoms. The van der Waals surface area contributed by atoms with Crippen molar-refractivity contribution < 1.29 is 4.79 Å². The van der Waals surface area contributed by atoms with Gasteiger partial charge in [0.05, 0.1) is 0 Å². The molecule has 0 spiro atoms. The van der Waals surface area contributed by atoms with Crippen molar-refractivity contribution in [1.29, 1.82) is 0 Å². The Bertz CT molecular complexity index is 309. The molecule has 3 N–H and O–H groups in total. The number of hydrogen-bond acceptors (Lipinski definition) is 2. The van der Waals surface area contributed by atoms with Crippen LogP contribution in [0.3, 0.4) is 0 Å². The molecule has 0 aliphatic heterocycles. The van der Waals surface area contributed by atoms with E-state index < -0.39 is 0 Å². The van der Waals surface area contributed by atoms with Crippen molar-refractivity contribution in [3.63, 3.8) is 0 Å². The van der Waals surface area contributed by atoms with Gasteiger partial charge in [0, 0.05) is 29.0 Å². The molecule has 0 aromatic carbocycles. The zero-order chi connectivity index (χ0) is 12.7. The summed E-state index contributed by atoms with van der Waals surface area (Å²) in [6.07, 6.45) is 1.63. The average Bonchev–Trinajstić information content (AvgIpc) is 2.11. The average molecular weight is 224 g/mol. The summed E-state index contributed by atoms with van der Waals surface area (Å²) in [6.45, 7) is 12.3. The van der Waals surface area contributed by atoms with Gasteiger partial charge in [-0.25, -0.2) is 0 Å². The van der Waals surface area contributed by atoms with Crippen LogP contribution in [0.4, 0.5) is 0 Å². The minimum Gasteiger partial charge on any atom is -0.349 e. The zero-order valence-corrected chi connectivity index (χ0v) is 11.2. The number of allylic oxidation sites excluding steroid dienone is 1. The first-order chi connectivity index (χ1) is 7.10. The third-order valence-corrected chi connectivity index (χ3v) is 3.80. The van der Waals surface area contributed by atoms with Crippen LogP contribution < -0.4 is 11.1 Å². The Labute approximate surface area is 98.5 Å². The zero-order valence-electron chi connectivity index (χ0n) is 11.2. The van der Waals surface area contributed by atoms with E-state index in [4.69, 9.17) is 5.73 Å². The van der Waals surface area contributed by atoms with Gasteiger partial charge in [0.1, 0.15) is 0 Å². The Morgan fingerprint density at radius 1 is 1.19 bits per heavy atom. The van der Waals surface area contributed by atoms with Gasteiger partial charge in [-0.05, 0) is 13.8 Å². The van der Waals surface area contributed by atoms with E-state index in [9.17, 15) is 4.79 Å². The van der Waals surface area contributed by atoms with Crippen LogP contribution in [0.15, 0.2) is 11.6 Å². The molecule has 3 nitrogen and oxygen atoms in total. The van der Waals surface area contributed by atoms with Crippen molar-refractivity contribution in [1.82, 2.24) is 5.32 Å². The Balaban J connectivity index is 2.75. The van der Waals surface area contributed by atoms with Crippen molar-refractivity contribution >= 4 is 5.91 Å². The second kappa shape index (κ2) is 3.88. The summed E-state index contributed by atoms with van der Waals surface area (Å²) in [6, 6.07) is 0.259. The molecule has 1 rings (SSSR count). The maximum absolute atomic E-state index is 11.7. The fourth-order valence-corrected chi connectivity index (χ4v) is 3.00. The van der Waals surface area contributed by atoms with Crippen molar-refractivity contribution in [2.45, 2.75) is 53.6 Å². The Morgan fingerprint density at radius 3 is 2.00 bits per heavy atom. The van der Waals surface area contributed by atoms with E-state index in [1.165, 1.54) is 0 Å². The van der Waals surface area contributed by atoms with E-state index >= 15 is 0 Å². The van der Waals surface area contributed by atoms with E-state index in [2.05, 4.69) is 33.0 Å². The molecule has 1 aliphatic rings. The number of carbonyl (C=O) groups is 1. The topological polar surface area (TPSA) is 55.1 Å². The Kier molecular flexibility index (Phi) is 3.21. The maximum atomic E-state index is 11.7. The molecule has 1 saturated carbocycles. The molecule has 1 fully saturated rings. The third kappa shape index (κ3) is 2.01. The van der Waals surface area contributed by atoms with Crippen LogP contribution in [0.2, 0.25) is 0 Å². The van der Waals surface area contributed by atoms with Gasteiger partial charge in [-0.15, -0.1) is 0 Å². The van der Waals surface area contributed by atoms with Crippen molar-refractivity contribution in [2.24, 2.45) is 16.6 Å². The fourth-order valence-electron chi connectivity index (χ4n) is 3.00. The minimum absolute atomic E-state index is 0.0157. The van der Waals surface area contributed by atoms with Crippen molar-refractivity contribution in [3.8, 4) is 0 Å². The van der Waals surface area contributed by atoms with Gasteiger partial charge in [-0.3, -0.25) is 4.79 Å². The lowest BCUT2D eigenvalue weighted by Gasteiger charge is -2.62. The molecule has 0 radical (unpaired) electrons. The first-order valence-corrected chi connectivity index (χ1v) is 5.81. The van der Waals surface area contributed by atoms with Gasteiger partial charge in [-0.2, -0.15) is 0 Å². The summed E-state index contributed by atoms with van der Waals surface area (Å²) in [5.74, 6) is -0.0157. The molecule has 0 unspecified atom stereocenters. The molecule has 0 bridgehead atoms. The van der Waals surface area contributed by atoms with E-state index in [1.807, 2.05) is 13.8 Å². The lowest BCUT2D eigenvalue weighted by molar-refractivity contribution is -0.127. The molecule has 0 aromatic rings. The predicted molar refractivity (Wildman–Crippen MR) is 66.9 cm³/mol. The van der Waals surface area contributed by atoms with Crippen LogP contribution in [0, 0.1) is 10.8 Å².